The lowest BCUT2D eigenvalue weighted by molar-refractivity contribution is -0.110. The van der Waals surface area contributed by atoms with Crippen LogP contribution in [-0.4, -0.2) is 33.2 Å². The van der Waals surface area contributed by atoms with Crippen LogP contribution in [0.15, 0.2) is 12.3 Å². The molecule has 0 bridgehead atoms. The molecule has 1 heterocycles. The molecule has 1 N–H and O–H groups in total. The van der Waals surface area contributed by atoms with E-state index >= 15 is 0 Å². The predicted molar refractivity (Wildman–Crippen MR) is 79.8 cm³/mol. The number of rotatable bonds is 7. The first kappa shape index (κ1) is 15.5. The molecule has 0 saturated heterocycles. The Morgan fingerprint density at radius 3 is 2.75 bits per heavy atom. The molecule has 4 heteroatoms. The van der Waals surface area contributed by atoms with Crippen LogP contribution in [0.1, 0.15) is 64.6 Å². The van der Waals surface area contributed by atoms with Crippen molar-refractivity contribution in [2.75, 3.05) is 6.61 Å². The van der Waals surface area contributed by atoms with Gasteiger partial charge in [-0.2, -0.15) is 5.10 Å². The summed E-state index contributed by atoms with van der Waals surface area (Å²) >= 11 is 0. The van der Waals surface area contributed by atoms with E-state index in [1.54, 1.807) is 0 Å². The maximum absolute atomic E-state index is 10.5. The van der Waals surface area contributed by atoms with Gasteiger partial charge in [-0.25, -0.2) is 0 Å². The SMILES string of the molecule is CCOC(C)(CC)C(O)Cc1ccn(C2CCCC2)n1. The zero-order valence-corrected chi connectivity index (χ0v) is 13.0. The van der Waals surface area contributed by atoms with Crippen LogP contribution in [0.5, 0.6) is 0 Å². The fraction of sp³-hybridized carbons (Fsp3) is 0.812. The van der Waals surface area contributed by atoms with Gasteiger partial charge in [-0.3, -0.25) is 4.68 Å². The highest BCUT2D eigenvalue weighted by Crippen LogP contribution is 2.29. The van der Waals surface area contributed by atoms with E-state index in [4.69, 9.17) is 4.74 Å². The third-order valence-electron chi connectivity index (χ3n) is 4.65. The standard InChI is InChI=1S/C16H28N2O2/c1-4-16(3,20-5-2)15(19)12-13-10-11-18(17-13)14-8-6-7-9-14/h10-11,14-15,19H,4-9,12H2,1-3H3. The van der Waals surface area contributed by atoms with Gasteiger partial charge in [0.05, 0.1) is 23.4 Å². The molecular formula is C16H28N2O2. The number of aromatic nitrogens is 2. The van der Waals surface area contributed by atoms with Crippen molar-refractivity contribution in [3.8, 4) is 0 Å². The van der Waals surface area contributed by atoms with E-state index in [9.17, 15) is 5.11 Å². The average molecular weight is 280 g/mol. The van der Waals surface area contributed by atoms with Crippen molar-refractivity contribution < 1.29 is 9.84 Å². The monoisotopic (exact) mass is 280 g/mol. The molecule has 1 aliphatic carbocycles. The van der Waals surface area contributed by atoms with E-state index in [0.717, 1.165) is 12.1 Å². The molecule has 0 spiro atoms. The molecule has 0 aromatic carbocycles. The predicted octanol–water partition coefficient (Wildman–Crippen LogP) is 3.11. The lowest BCUT2D eigenvalue weighted by atomic mass is 9.92. The van der Waals surface area contributed by atoms with E-state index in [-0.39, 0.29) is 0 Å². The smallest absolute Gasteiger partial charge is 0.0913 e. The summed E-state index contributed by atoms with van der Waals surface area (Å²) in [6.07, 6.45) is 7.98. The maximum Gasteiger partial charge on any atom is 0.0913 e. The third kappa shape index (κ3) is 3.41. The molecule has 0 radical (unpaired) electrons. The minimum atomic E-state index is -0.514. The zero-order chi connectivity index (χ0) is 14.6. The van der Waals surface area contributed by atoms with Gasteiger partial charge in [-0.15, -0.1) is 0 Å². The van der Waals surface area contributed by atoms with Gasteiger partial charge in [-0.1, -0.05) is 19.8 Å². The Kier molecular flexibility index (Phi) is 5.22. The van der Waals surface area contributed by atoms with Gasteiger partial charge in [-0.05, 0) is 39.2 Å². The fourth-order valence-corrected chi connectivity index (χ4v) is 3.04. The lowest BCUT2D eigenvalue weighted by Crippen LogP contribution is -2.43. The van der Waals surface area contributed by atoms with Crippen molar-refractivity contribution >= 4 is 0 Å². The molecule has 2 atom stereocenters. The molecule has 4 nitrogen and oxygen atoms in total. The van der Waals surface area contributed by atoms with Gasteiger partial charge in [0.25, 0.3) is 0 Å². The van der Waals surface area contributed by atoms with Crippen molar-refractivity contribution in [3.05, 3.63) is 18.0 Å². The molecule has 1 aromatic heterocycles. The molecule has 20 heavy (non-hydrogen) atoms. The van der Waals surface area contributed by atoms with Crippen molar-refractivity contribution in [1.29, 1.82) is 0 Å². The number of aliphatic hydroxyl groups excluding tert-OH is 1. The van der Waals surface area contributed by atoms with E-state index in [0.29, 0.717) is 19.1 Å². The molecule has 114 valence electrons. The van der Waals surface area contributed by atoms with Crippen molar-refractivity contribution in [2.45, 2.75) is 77.0 Å². The van der Waals surface area contributed by atoms with Gasteiger partial charge in [0.15, 0.2) is 0 Å². The quantitative estimate of drug-likeness (QED) is 0.835. The Labute approximate surface area is 122 Å². The van der Waals surface area contributed by atoms with E-state index in [2.05, 4.69) is 22.9 Å². The largest absolute Gasteiger partial charge is 0.390 e. The number of ether oxygens (including phenoxy) is 1. The van der Waals surface area contributed by atoms with E-state index in [1.165, 1.54) is 25.7 Å². The van der Waals surface area contributed by atoms with Crippen LogP contribution in [0, 0.1) is 0 Å². The van der Waals surface area contributed by atoms with Crippen molar-refractivity contribution in [3.63, 3.8) is 0 Å². The van der Waals surface area contributed by atoms with Gasteiger partial charge >= 0.3 is 0 Å². The van der Waals surface area contributed by atoms with Crippen LogP contribution in [0.3, 0.4) is 0 Å². The molecule has 0 amide bonds. The second-order valence-corrected chi connectivity index (χ2v) is 6.04. The molecule has 2 rings (SSSR count). The molecular weight excluding hydrogens is 252 g/mol. The van der Waals surface area contributed by atoms with Crippen molar-refractivity contribution in [2.24, 2.45) is 0 Å². The topological polar surface area (TPSA) is 47.3 Å². The molecule has 1 fully saturated rings. The van der Waals surface area contributed by atoms with E-state index in [1.807, 2.05) is 19.9 Å². The summed E-state index contributed by atoms with van der Waals surface area (Å²) in [6.45, 7) is 6.62. The van der Waals surface area contributed by atoms with Crippen LogP contribution in [-0.2, 0) is 11.2 Å². The summed E-state index contributed by atoms with van der Waals surface area (Å²) in [7, 11) is 0. The molecule has 2 unspecified atom stereocenters. The number of hydrogen-bond acceptors (Lipinski definition) is 3. The first-order valence-electron chi connectivity index (χ1n) is 7.95. The second-order valence-electron chi connectivity index (χ2n) is 6.04. The van der Waals surface area contributed by atoms with Gasteiger partial charge < -0.3 is 9.84 Å². The molecule has 1 aromatic rings. The van der Waals surface area contributed by atoms with E-state index < -0.39 is 11.7 Å². The van der Waals surface area contributed by atoms with Crippen LogP contribution >= 0.6 is 0 Å². The number of nitrogens with zero attached hydrogens (tertiary/aromatic N) is 2. The highest BCUT2D eigenvalue weighted by atomic mass is 16.5. The summed E-state index contributed by atoms with van der Waals surface area (Å²) in [4.78, 5) is 0. The van der Waals surface area contributed by atoms with Crippen LogP contribution in [0.2, 0.25) is 0 Å². The highest BCUT2D eigenvalue weighted by molar-refractivity contribution is 5.04. The molecule has 0 aliphatic heterocycles. The highest BCUT2D eigenvalue weighted by Gasteiger charge is 2.32. The third-order valence-corrected chi connectivity index (χ3v) is 4.65. The Morgan fingerprint density at radius 1 is 1.45 bits per heavy atom. The zero-order valence-electron chi connectivity index (χ0n) is 13.0. The van der Waals surface area contributed by atoms with Gasteiger partial charge in [0, 0.05) is 19.2 Å². The first-order chi connectivity index (χ1) is 9.59. The first-order valence-corrected chi connectivity index (χ1v) is 7.95. The Morgan fingerprint density at radius 2 is 2.15 bits per heavy atom. The Bertz CT molecular complexity index is 412. The van der Waals surface area contributed by atoms with Gasteiger partial charge in [0.1, 0.15) is 0 Å². The van der Waals surface area contributed by atoms with Crippen LogP contribution in [0.25, 0.3) is 0 Å². The second kappa shape index (κ2) is 6.72. The fourth-order valence-electron chi connectivity index (χ4n) is 3.04. The number of aliphatic hydroxyl groups is 1. The molecule has 1 saturated carbocycles. The summed E-state index contributed by atoms with van der Waals surface area (Å²) in [5.74, 6) is 0. The average Bonchev–Trinajstić information content (AvgIpc) is 3.08. The van der Waals surface area contributed by atoms with Crippen molar-refractivity contribution in [1.82, 2.24) is 9.78 Å². The lowest BCUT2D eigenvalue weighted by Gasteiger charge is -2.33. The maximum atomic E-state index is 10.5. The number of hydrogen-bond donors (Lipinski definition) is 1. The normalized spacial score (nSPS) is 21.0. The Balaban J connectivity index is 1.98. The molecule has 1 aliphatic rings. The van der Waals surface area contributed by atoms with Gasteiger partial charge in [0.2, 0.25) is 0 Å². The van der Waals surface area contributed by atoms with Crippen LogP contribution < -0.4 is 0 Å². The minimum absolute atomic E-state index is 0.480. The summed E-state index contributed by atoms with van der Waals surface area (Å²) in [5, 5.41) is 15.1. The van der Waals surface area contributed by atoms with Crippen LogP contribution in [0.4, 0.5) is 0 Å². The summed E-state index contributed by atoms with van der Waals surface area (Å²) < 4.78 is 7.82. The Hall–Kier alpha value is -0.870. The summed E-state index contributed by atoms with van der Waals surface area (Å²) in [6, 6.07) is 2.59. The minimum Gasteiger partial charge on any atom is -0.390 e. The summed E-state index contributed by atoms with van der Waals surface area (Å²) in [5.41, 5.74) is 0.482.